The van der Waals surface area contributed by atoms with Gasteiger partial charge in [-0.2, -0.15) is 0 Å². The Bertz CT molecular complexity index is 610. The summed E-state index contributed by atoms with van der Waals surface area (Å²) in [7, 11) is 0. The smallest absolute Gasteiger partial charge is 0.330 e. The van der Waals surface area contributed by atoms with Crippen molar-refractivity contribution in [1.82, 2.24) is 5.32 Å². The number of carbonyl (C=O) groups excluding carboxylic acids is 1. The molecular weight excluding hydrogens is 266 g/mol. The number of hydrogen-bond acceptors (Lipinski definition) is 2. The summed E-state index contributed by atoms with van der Waals surface area (Å²) in [6, 6.07) is 16.9. The standard InChI is InChI=1S/C17H17NO3/c1-12(13-8-4-2-5-9-13)16(19)18-15(17(20)21)14-10-6-3-7-11-14/h2-12,15H,1H3,(H,18,19)(H,20,21). The van der Waals surface area contributed by atoms with E-state index in [4.69, 9.17) is 0 Å². The highest BCUT2D eigenvalue weighted by Gasteiger charge is 2.24. The molecule has 0 heterocycles. The molecule has 0 saturated heterocycles. The van der Waals surface area contributed by atoms with E-state index in [0.29, 0.717) is 5.56 Å². The number of amides is 1. The Hall–Kier alpha value is -2.62. The van der Waals surface area contributed by atoms with Crippen LogP contribution in [0.15, 0.2) is 60.7 Å². The molecule has 2 rings (SSSR count). The largest absolute Gasteiger partial charge is 0.479 e. The second-order valence-corrected chi connectivity index (χ2v) is 4.82. The topological polar surface area (TPSA) is 66.4 Å². The molecule has 0 aliphatic rings. The molecule has 4 heteroatoms. The van der Waals surface area contributed by atoms with Gasteiger partial charge in [-0.25, -0.2) is 4.79 Å². The molecule has 2 atom stereocenters. The van der Waals surface area contributed by atoms with Gasteiger partial charge in [-0.05, 0) is 18.1 Å². The quantitative estimate of drug-likeness (QED) is 0.886. The van der Waals surface area contributed by atoms with Crippen LogP contribution in [0.2, 0.25) is 0 Å². The number of nitrogens with one attached hydrogen (secondary N) is 1. The first-order valence-corrected chi connectivity index (χ1v) is 6.72. The maximum absolute atomic E-state index is 12.3. The molecule has 2 unspecified atom stereocenters. The molecule has 2 aromatic carbocycles. The van der Waals surface area contributed by atoms with Crippen LogP contribution in [0.5, 0.6) is 0 Å². The van der Waals surface area contributed by atoms with Gasteiger partial charge < -0.3 is 10.4 Å². The Balaban J connectivity index is 2.14. The maximum atomic E-state index is 12.3. The fourth-order valence-electron chi connectivity index (χ4n) is 2.09. The molecule has 0 bridgehead atoms. The van der Waals surface area contributed by atoms with E-state index in [1.54, 1.807) is 37.3 Å². The lowest BCUT2D eigenvalue weighted by Gasteiger charge is -2.18. The molecule has 0 aliphatic carbocycles. The summed E-state index contributed by atoms with van der Waals surface area (Å²) >= 11 is 0. The summed E-state index contributed by atoms with van der Waals surface area (Å²) in [5, 5.41) is 11.9. The number of aliphatic carboxylic acids is 1. The van der Waals surface area contributed by atoms with Crippen LogP contribution in [-0.2, 0) is 9.59 Å². The molecule has 0 fully saturated rings. The van der Waals surface area contributed by atoms with Crippen LogP contribution in [0.4, 0.5) is 0 Å². The summed E-state index contributed by atoms with van der Waals surface area (Å²) in [4.78, 5) is 23.6. The average molecular weight is 283 g/mol. The van der Waals surface area contributed by atoms with E-state index in [-0.39, 0.29) is 5.91 Å². The zero-order chi connectivity index (χ0) is 15.2. The van der Waals surface area contributed by atoms with E-state index < -0.39 is 17.9 Å². The third-order valence-electron chi connectivity index (χ3n) is 3.36. The number of benzene rings is 2. The molecule has 2 N–H and O–H groups in total. The average Bonchev–Trinajstić information content (AvgIpc) is 2.53. The van der Waals surface area contributed by atoms with Crippen molar-refractivity contribution in [2.45, 2.75) is 18.9 Å². The van der Waals surface area contributed by atoms with Crippen LogP contribution in [0.1, 0.15) is 30.0 Å². The van der Waals surface area contributed by atoms with E-state index >= 15 is 0 Å². The van der Waals surface area contributed by atoms with Gasteiger partial charge in [0.25, 0.3) is 0 Å². The first-order chi connectivity index (χ1) is 10.1. The minimum absolute atomic E-state index is 0.308. The maximum Gasteiger partial charge on any atom is 0.330 e. The predicted octanol–water partition coefficient (Wildman–Crippen LogP) is 2.73. The van der Waals surface area contributed by atoms with Crippen molar-refractivity contribution in [1.29, 1.82) is 0 Å². The SMILES string of the molecule is CC(C(=O)NC(C(=O)O)c1ccccc1)c1ccccc1. The van der Waals surface area contributed by atoms with Crippen molar-refractivity contribution in [3.63, 3.8) is 0 Å². The lowest BCUT2D eigenvalue weighted by atomic mass is 9.99. The number of hydrogen-bond donors (Lipinski definition) is 2. The van der Waals surface area contributed by atoms with Crippen LogP contribution in [0.25, 0.3) is 0 Å². The molecule has 0 aromatic heterocycles. The number of carboxylic acid groups (broad SMARTS) is 1. The summed E-state index contributed by atoms with van der Waals surface area (Å²) in [6.45, 7) is 1.76. The van der Waals surface area contributed by atoms with Crippen molar-refractivity contribution < 1.29 is 14.7 Å². The molecule has 0 spiro atoms. The number of rotatable bonds is 5. The number of carbonyl (C=O) groups is 2. The van der Waals surface area contributed by atoms with Crippen molar-refractivity contribution in [2.75, 3.05) is 0 Å². The van der Waals surface area contributed by atoms with Gasteiger partial charge in [-0.15, -0.1) is 0 Å². The van der Waals surface area contributed by atoms with E-state index in [2.05, 4.69) is 5.32 Å². The van der Waals surface area contributed by atoms with Crippen LogP contribution in [0.3, 0.4) is 0 Å². The van der Waals surface area contributed by atoms with Crippen molar-refractivity contribution in [3.05, 3.63) is 71.8 Å². The van der Waals surface area contributed by atoms with Crippen LogP contribution >= 0.6 is 0 Å². The minimum Gasteiger partial charge on any atom is -0.479 e. The zero-order valence-electron chi connectivity index (χ0n) is 11.7. The van der Waals surface area contributed by atoms with Gasteiger partial charge in [0.1, 0.15) is 0 Å². The van der Waals surface area contributed by atoms with Crippen molar-refractivity contribution in [3.8, 4) is 0 Å². The highest BCUT2D eigenvalue weighted by Crippen LogP contribution is 2.18. The molecule has 2 aromatic rings. The summed E-state index contributed by atoms with van der Waals surface area (Å²) < 4.78 is 0. The lowest BCUT2D eigenvalue weighted by Crippen LogP contribution is -2.36. The fraction of sp³-hybridized carbons (Fsp3) is 0.176. The van der Waals surface area contributed by atoms with Crippen LogP contribution in [0, 0.1) is 0 Å². The first-order valence-electron chi connectivity index (χ1n) is 6.72. The molecule has 21 heavy (non-hydrogen) atoms. The van der Waals surface area contributed by atoms with E-state index in [0.717, 1.165) is 5.56 Å². The molecule has 1 amide bonds. The van der Waals surface area contributed by atoms with Crippen molar-refractivity contribution >= 4 is 11.9 Å². The molecule has 0 saturated carbocycles. The third-order valence-corrected chi connectivity index (χ3v) is 3.36. The van der Waals surface area contributed by atoms with E-state index in [1.807, 2.05) is 30.3 Å². The third kappa shape index (κ3) is 3.69. The predicted molar refractivity (Wildman–Crippen MR) is 79.8 cm³/mol. The van der Waals surface area contributed by atoms with Gasteiger partial charge in [0.05, 0.1) is 5.92 Å². The Kier molecular flexibility index (Phi) is 4.72. The van der Waals surface area contributed by atoms with Crippen LogP contribution in [-0.4, -0.2) is 17.0 Å². The monoisotopic (exact) mass is 283 g/mol. The Labute approximate surface area is 123 Å². The van der Waals surface area contributed by atoms with Gasteiger partial charge in [-0.1, -0.05) is 60.7 Å². The van der Waals surface area contributed by atoms with Gasteiger partial charge >= 0.3 is 5.97 Å². The lowest BCUT2D eigenvalue weighted by molar-refractivity contribution is -0.142. The Morgan fingerprint density at radius 1 is 0.905 bits per heavy atom. The van der Waals surface area contributed by atoms with Gasteiger partial charge in [0.15, 0.2) is 6.04 Å². The first kappa shape index (κ1) is 14.8. The van der Waals surface area contributed by atoms with Gasteiger partial charge in [-0.3, -0.25) is 4.79 Å². The van der Waals surface area contributed by atoms with Crippen LogP contribution < -0.4 is 5.32 Å². The van der Waals surface area contributed by atoms with E-state index in [9.17, 15) is 14.7 Å². The highest BCUT2D eigenvalue weighted by molar-refractivity contribution is 5.88. The molecule has 0 radical (unpaired) electrons. The second-order valence-electron chi connectivity index (χ2n) is 4.82. The molecular formula is C17H17NO3. The zero-order valence-corrected chi connectivity index (χ0v) is 11.7. The highest BCUT2D eigenvalue weighted by atomic mass is 16.4. The molecule has 4 nitrogen and oxygen atoms in total. The van der Waals surface area contributed by atoms with Gasteiger partial charge in [0.2, 0.25) is 5.91 Å². The van der Waals surface area contributed by atoms with Gasteiger partial charge in [0, 0.05) is 0 Å². The molecule has 108 valence electrons. The second kappa shape index (κ2) is 6.70. The summed E-state index contributed by atoms with van der Waals surface area (Å²) in [5.74, 6) is -1.79. The summed E-state index contributed by atoms with van der Waals surface area (Å²) in [5.41, 5.74) is 1.41. The Morgan fingerprint density at radius 2 is 1.38 bits per heavy atom. The Morgan fingerprint density at radius 3 is 1.86 bits per heavy atom. The van der Waals surface area contributed by atoms with E-state index in [1.165, 1.54) is 0 Å². The summed E-state index contributed by atoms with van der Waals surface area (Å²) in [6.07, 6.45) is 0. The van der Waals surface area contributed by atoms with Crippen molar-refractivity contribution in [2.24, 2.45) is 0 Å². The minimum atomic E-state index is -1.07. The normalized spacial score (nSPS) is 13.2. The fourth-order valence-corrected chi connectivity index (χ4v) is 2.09. The molecule has 0 aliphatic heterocycles. The number of carboxylic acids is 1.